The minimum atomic E-state index is -1.63. The topological polar surface area (TPSA) is 262 Å². The highest BCUT2D eigenvalue weighted by Crippen LogP contribution is 2.43. The van der Waals surface area contributed by atoms with E-state index in [-0.39, 0.29) is 68.6 Å². The fourth-order valence-electron chi connectivity index (χ4n) is 12.6. The number of nitrogens with one attached hydrogen (secondary N) is 1. The second-order valence-electron chi connectivity index (χ2n) is 23.9. The van der Waals surface area contributed by atoms with Crippen molar-refractivity contribution >= 4 is 40.7 Å². The summed E-state index contributed by atoms with van der Waals surface area (Å²) in [5, 5.41) is 37.8. The van der Waals surface area contributed by atoms with Gasteiger partial charge in [0, 0.05) is 67.9 Å². The van der Waals surface area contributed by atoms with E-state index in [0.717, 1.165) is 12.8 Å². The minimum absolute atomic E-state index is 0.0278. The van der Waals surface area contributed by atoms with Crippen molar-refractivity contribution in [2.45, 2.75) is 211 Å². The predicted molar refractivity (Wildman–Crippen MR) is 289 cm³/mol. The Morgan fingerprint density at radius 1 is 0.949 bits per heavy atom. The molecule has 7 rings (SSSR count). The molecule has 1 aromatic heterocycles. The van der Waals surface area contributed by atoms with Crippen molar-refractivity contribution in [2.24, 2.45) is 17.8 Å². The molecular weight excluding hydrogens is 1030 g/mol. The van der Waals surface area contributed by atoms with Crippen molar-refractivity contribution in [3.63, 3.8) is 0 Å². The van der Waals surface area contributed by atoms with E-state index in [0.29, 0.717) is 36.1 Å². The van der Waals surface area contributed by atoms with Crippen LogP contribution in [-0.4, -0.2) is 199 Å². The van der Waals surface area contributed by atoms with Gasteiger partial charge in [-0.25, -0.2) is 9.59 Å². The van der Waals surface area contributed by atoms with Crippen LogP contribution in [-0.2, 0) is 57.0 Å². The zero-order chi connectivity index (χ0) is 58.1. The summed E-state index contributed by atoms with van der Waals surface area (Å²) >= 11 is 0. The number of methoxy groups -OCH3 is 1. The van der Waals surface area contributed by atoms with E-state index >= 15 is 0 Å². The fourth-order valence-corrected chi connectivity index (χ4v) is 12.6. The van der Waals surface area contributed by atoms with Gasteiger partial charge in [0.15, 0.2) is 30.4 Å². The lowest BCUT2D eigenvalue weighted by Crippen LogP contribution is -2.61. The first-order valence-electron chi connectivity index (χ1n) is 28.1. The number of hydrogen-bond acceptors (Lipinski definition) is 20. The first kappa shape index (κ1) is 62.1. The van der Waals surface area contributed by atoms with Crippen LogP contribution in [0.15, 0.2) is 29.2 Å². The van der Waals surface area contributed by atoms with E-state index in [1.807, 2.05) is 76.2 Å². The molecule has 5 heterocycles. The third-order valence-electron chi connectivity index (χ3n) is 17.1. The normalized spacial score (nSPS) is 38.0. The lowest BCUT2D eigenvalue weighted by molar-refractivity contribution is -0.318. The molecule has 0 radical (unpaired) electrons. The third kappa shape index (κ3) is 13.9. The molecule has 5 aliphatic rings. The number of aliphatic hydroxyl groups excluding tert-OH is 1. The molecule has 22 heteroatoms. The van der Waals surface area contributed by atoms with Crippen LogP contribution in [0.5, 0.6) is 0 Å². The highest BCUT2D eigenvalue weighted by atomic mass is 16.8. The number of carbonyl (C=O) groups excluding carboxylic acids is 3. The summed E-state index contributed by atoms with van der Waals surface area (Å²) in [6.45, 7) is 19.1. The van der Waals surface area contributed by atoms with Crippen molar-refractivity contribution in [3.8, 4) is 0 Å². The Morgan fingerprint density at radius 3 is 2.30 bits per heavy atom. The van der Waals surface area contributed by atoms with Gasteiger partial charge in [0.1, 0.15) is 23.4 Å². The van der Waals surface area contributed by atoms with Crippen LogP contribution in [0, 0.1) is 17.8 Å². The number of anilines is 1. The molecule has 0 unspecified atom stereocenters. The molecule has 444 valence electrons. The highest BCUT2D eigenvalue weighted by molar-refractivity contribution is 5.93. The average molecular weight is 1120 g/mol. The van der Waals surface area contributed by atoms with Gasteiger partial charge in [-0.3, -0.25) is 19.3 Å². The Labute approximate surface area is 463 Å². The number of cyclic esters (lactones) is 1. The summed E-state index contributed by atoms with van der Waals surface area (Å²) in [6.07, 6.45) is -6.04. The van der Waals surface area contributed by atoms with Gasteiger partial charge in [0.25, 0.3) is 0 Å². The molecule has 22 nitrogen and oxygen atoms in total. The molecule has 4 saturated heterocycles. The Kier molecular flexibility index (Phi) is 19.9. The van der Waals surface area contributed by atoms with E-state index in [1.54, 1.807) is 46.8 Å². The number of aromatic nitrogens is 1. The molecular formula is C57H88N4O18. The molecule has 18 atom stereocenters. The standard InChI is InChI=1S/C57H88N4O18/c1-15-42-57(10)49(78-54(68)79-57)34(6)60(13)28-30(2)26-55(8,69)48(77-53-46(64)41(59(11)12)24-31(3)72-53)32(4)47(33(5)52(67)74-42)76-44-27-56(9,70-14)50(35(7)73-44)75-43(62)20-22-71-23-21-58-36-16-19-40-38(25-36)45(63)39(51(65)66)29-61(40)37-17-18-37/h16,19,25,29-35,37,41-42,44,46-50,53,58,64,69H,15,17-18,20-24,26-28H2,1-14H3,(H,65,66)/t30-,31-,32+,33-,34-,35+,41+,42-,44+,46-,47+,48-,49+,50+,53+,55-,56-,57-/m1/s1. The number of pyridine rings is 1. The minimum Gasteiger partial charge on any atom is -0.477 e. The van der Waals surface area contributed by atoms with Gasteiger partial charge < -0.3 is 77.5 Å². The second-order valence-corrected chi connectivity index (χ2v) is 23.9. The number of carboxylic acid groups (broad SMARTS) is 1. The second kappa shape index (κ2) is 25.3. The van der Waals surface area contributed by atoms with E-state index < -0.39 is 119 Å². The molecule has 5 fully saturated rings. The van der Waals surface area contributed by atoms with Crippen LogP contribution < -0.4 is 10.7 Å². The third-order valence-corrected chi connectivity index (χ3v) is 17.1. The Bertz CT molecular complexity index is 2520. The number of aromatic carboxylic acids is 1. The maximum Gasteiger partial charge on any atom is 0.509 e. The molecule has 2 aromatic rings. The summed E-state index contributed by atoms with van der Waals surface area (Å²) in [4.78, 5) is 70.1. The summed E-state index contributed by atoms with van der Waals surface area (Å²) < 4.78 is 64.6. The molecule has 0 amide bonds. The summed E-state index contributed by atoms with van der Waals surface area (Å²) in [5.41, 5.74) is -3.71. The molecule has 0 spiro atoms. The predicted octanol–water partition coefficient (Wildman–Crippen LogP) is 5.50. The molecule has 79 heavy (non-hydrogen) atoms. The van der Waals surface area contributed by atoms with Crippen LogP contribution in [0.4, 0.5) is 10.5 Å². The quantitative estimate of drug-likeness (QED) is 0.0866. The van der Waals surface area contributed by atoms with Crippen LogP contribution >= 0.6 is 0 Å². The zero-order valence-electron chi connectivity index (χ0n) is 48.6. The number of esters is 2. The van der Waals surface area contributed by atoms with Gasteiger partial charge in [-0.05, 0) is 126 Å². The largest absolute Gasteiger partial charge is 0.509 e. The summed E-state index contributed by atoms with van der Waals surface area (Å²) in [6, 6.07) is 4.72. The number of benzene rings is 1. The number of likely N-dealkylation sites (N-methyl/N-ethyl adjacent to an activating group) is 2. The smallest absolute Gasteiger partial charge is 0.477 e. The summed E-state index contributed by atoms with van der Waals surface area (Å²) in [5.74, 6) is -4.61. The first-order chi connectivity index (χ1) is 37.1. The van der Waals surface area contributed by atoms with Crippen molar-refractivity contribution in [1.29, 1.82) is 0 Å². The summed E-state index contributed by atoms with van der Waals surface area (Å²) in [7, 11) is 7.15. The van der Waals surface area contributed by atoms with Crippen LogP contribution in [0.3, 0.4) is 0 Å². The number of nitrogens with zero attached hydrogens (tertiary/aromatic N) is 3. The van der Waals surface area contributed by atoms with E-state index in [9.17, 15) is 39.3 Å². The van der Waals surface area contributed by atoms with Gasteiger partial charge >= 0.3 is 24.1 Å². The first-order valence-corrected chi connectivity index (χ1v) is 28.1. The average Bonchev–Trinajstić information content (AvgIpc) is 4.30. The number of hydrogen-bond donors (Lipinski definition) is 4. The van der Waals surface area contributed by atoms with Crippen molar-refractivity contribution in [1.82, 2.24) is 14.4 Å². The SMILES string of the molecule is CC[C@H]1OC(=O)[C@H](C)[C@@H](O[C@H]2C[C@@](C)(OC)[C@@H](OC(=O)CCOCCNc3ccc4c(c3)c(=O)c(C(=O)O)cn4C3CC3)[C@H](C)O2)[C@H](C)[C@@H](O[C@@H]2O[C@H](C)C[C@H](N(C)C)[C@H]2O)[C@](C)(O)C[C@@H](C)CN(C)[C@H](C)[C@@H]2OC(=O)O[C@]12C. The number of aliphatic hydroxyl groups is 2. The Morgan fingerprint density at radius 2 is 1.66 bits per heavy atom. The highest BCUT2D eigenvalue weighted by Gasteiger charge is 2.58. The van der Waals surface area contributed by atoms with Crippen LogP contribution in [0.1, 0.15) is 131 Å². The number of ether oxygens (including phenoxy) is 10. The molecule has 4 aliphatic heterocycles. The van der Waals surface area contributed by atoms with Gasteiger partial charge in [-0.2, -0.15) is 0 Å². The maximum absolute atomic E-state index is 14.8. The molecule has 0 bridgehead atoms. The Hall–Kier alpha value is -4.49. The van der Waals surface area contributed by atoms with Gasteiger partial charge in [-0.15, -0.1) is 0 Å². The van der Waals surface area contributed by atoms with Crippen molar-refractivity contribution in [3.05, 3.63) is 40.2 Å². The Balaban J connectivity index is 1.07. The fraction of sp³-hybridized carbons (Fsp3) is 0.772. The number of carbonyl (C=O) groups is 4. The zero-order valence-corrected chi connectivity index (χ0v) is 48.6. The van der Waals surface area contributed by atoms with Crippen LogP contribution in [0.2, 0.25) is 0 Å². The van der Waals surface area contributed by atoms with Crippen molar-refractivity contribution < 1.29 is 81.9 Å². The van der Waals surface area contributed by atoms with Gasteiger partial charge in [0.2, 0.25) is 5.43 Å². The van der Waals surface area contributed by atoms with E-state index in [4.69, 9.17) is 47.4 Å². The number of carboxylic acids is 1. The van der Waals surface area contributed by atoms with Crippen LogP contribution in [0.25, 0.3) is 10.9 Å². The van der Waals surface area contributed by atoms with Gasteiger partial charge in [0.05, 0.1) is 61.1 Å². The number of rotatable bonds is 17. The molecule has 4 N–H and O–H groups in total. The maximum atomic E-state index is 14.8. The van der Waals surface area contributed by atoms with Crippen molar-refractivity contribution in [2.75, 3.05) is 59.9 Å². The van der Waals surface area contributed by atoms with E-state index in [2.05, 4.69) is 5.32 Å². The lowest BCUT2D eigenvalue weighted by Gasteiger charge is -2.49. The molecule has 1 saturated carbocycles. The molecule has 1 aromatic carbocycles. The molecule has 1 aliphatic carbocycles. The monoisotopic (exact) mass is 1120 g/mol. The lowest BCUT2D eigenvalue weighted by atomic mass is 9.77. The number of fused-ring (bicyclic) bond motifs is 2. The van der Waals surface area contributed by atoms with Gasteiger partial charge in [-0.1, -0.05) is 20.8 Å². The van der Waals surface area contributed by atoms with E-state index in [1.165, 1.54) is 13.3 Å².